The van der Waals surface area contributed by atoms with Gasteiger partial charge in [-0.3, -0.25) is 4.79 Å². The number of carboxylic acid groups (broad SMARTS) is 1. The monoisotopic (exact) mass is 271 g/mol. The second-order valence-corrected chi connectivity index (χ2v) is 4.94. The molecule has 0 bridgehead atoms. The van der Waals surface area contributed by atoms with Crippen LogP contribution in [-0.4, -0.2) is 77.1 Å². The minimum absolute atomic E-state index is 0.00545. The number of urea groups is 1. The molecule has 1 aliphatic rings. The number of carbonyl (C=O) groups is 2. The van der Waals surface area contributed by atoms with Crippen LogP contribution >= 0.6 is 0 Å². The molecular formula is C13H25N3O3. The lowest BCUT2D eigenvalue weighted by molar-refractivity contribution is -0.138. The van der Waals surface area contributed by atoms with E-state index in [-0.39, 0.29) is 18.5 Å². The molecule has 1 saturated heterocycles. The second-order valence-electron chi connectivity index (χ2n) is 4.94. The van der Waals surface area contributed by atoms with Crippen LogP contribution < -0.4 is 0 Å². The summed E-state index contributed by atoms with van der Waals surface area (Å²) in [4.78, 5) is 28.9. The van der Waals surface area contributed by atoms with Crippen LogP contribution in [0.3, 0.4) is 0 Å². The number of nitrogens with zero attached hydrogens (tertiary/aromatic N) is 3. The maximum Gasteiger partial charge on any atom is 0.320 e. The zero-order valence-electron chi connectivity index (χ0n) is 12.1. The Kier molecular flexibility index (Phi) is 6.08. The van der Waals surface area contributed by atoms with Gasteiger partial charge < -0.3 is 19.8 Å². The van der Waals surface area contributed by atoms with Crippen molar-refractivity contribution in [3.8, 4) is 0 Å². The van der Waals surface area contributed by atoms with Crippen molar-refractivity contribution in [2.75, 3.05) is 39.3 Å². The van der Waals surface area contributed by atoms with E-state index in [0.717, 1.165) is 32.7 Å². The highest BCUT2D eigenvalue weighted by atomic mass is 16.4. The average Bonchev–Trinajstić information content (AvgIpc) is 2.38. The molecule has 0 aromatic heterocycles. The van der Waals surface area contributed by atoms with E-state index in [1.807, 2.05) is 11.8 Å². The van der Waals surface area contributed by atoms with Crippen LogP contribution in [0, 0.1) is 0 Å². The molecular weight excluding hydrogens is 246 g/mol. The van der Waals surface area contributed by atoms with Crippen LogP contribution in [0.4, 0.5) is 4.79 Å². The molecule has 0 spiro atoms. The van der Waals surface area contributed by atoms with E-state index in [0.29, 0.717) is 6.54 Å². The minimum atomic E-state index is -0.866. The molecule has 0 radical (unpaired) electrons. The summed E-state index contributed by atoms with van der Waals surface area (Å²) in [5.74, 6) is -0.866. The molecule has 1 heterocycles. The van der Waals surface area contributed by atoms with E-state index >= 15 is 0 Å². The number of hydrogen-bond donors (Lipinski definition) is 1. The van der Waals surface area contributed by atoms with Gasteiger partial charge >= 0.3 is 12.0 Å². The van der Waals surface area contributed by atoms with Crippen LogP contribution in [0.5, 0.6) is 0 Å². The first-order chi connectivity index (χ1) is 8.99. The van der Waals surface area contributed by atoms with E-state index in [2.05, 4.69) is 11.8 Å². The summed E-state index contributed by atoms with van der Waals surface area (Å²) in [6.07, 6.45) is -0.00545. The third-order valence-electron chi connectivity index (χ3n) is 3.68. The van der Waals surface area contributed by atoms with Crippen molar-refractivity contribution >= 4 is 12.0 Å². The molecule has 0 aromatic rings. The first-order valence-corrected chi connectivity index (χ1v) is 6.99. The van der Waals surface area contributed by atoms with Crippen molar-refractivity contribution in [1.29, 1.82) is 0 Å². The van der Waals surface area contributed by atoms with E-state index in [1.54, 1.807) is 11.8 Å². The number of piperazine rings is 1. The standard InChI is InChI=1S/C13H25N3O3/c1-4-14-6-8-15(9-7-14)13(19)16(5-2)11(3)10-12(17)18/h11H,4-10H2,1-3H3,(H,17,18). The van der Waals surface area contributed by atoms with Gasteiger partial charge in [0.15, 0.2) is 0 Å². The summed E-state index contributed by atoms with van der Waals surface area (Å²) in [6, 6.07) is -0.300. The second kappa shape index (κ2) is 7.33. The number of rotatable bonds is 5. The van der Waals surface area contributed by atoms with Gasteiger partial charge in [-0.05, 0) is 20.4 Å². The Morgan fingerprint density at radius 2 is 1.79 bits per heavy atom. The Morgan fingerprint density at radius 3 is 2.21 bits per heavy atom. The van der Waals surface area contributed by atoms with Gasteiger partial charge in [-0.15, -0.1) is 0 Å². The Morgan fingerprint density at radius 1 is 1.21 bits per heavy atom. The third kappa shape index (κ3) is 4.38. The van der Waals surface area contributed by atoms with Crippen LogP contribution in [0.25, 0.3) is 0 Å². The van der Waals surface area contributed by atoms with Crippen molar-refractivity contribution in [2.45, 2.75) is 33.2 Å². The molecule has 1 fully saturated rings. The molecule has 110 valence electrons. The largest absolute Gasteiger partial charge is 0.481 e. The van der Waals surface area contributed by atoms with Crippen LogP contribution in [0.1, 0.15) is 27.2 Å². The topological polar surface area (TPSA) is 64.1 Å². The fourth-order valence-corrected chi connectivity index (χ4v) is 2.44. The maximum absolute atomic E-state index is 12.4. The summed E-state index contributed by atoms with van der Waals surface area (Å²) in [7, 11) is 0. The molecule has 0 aliphatic carbocycles. The first-order valence-electron chi connectivity index (χ1n) is 6.99. The molecule has 1 unspecified atom stereocenters. The van der Waals surface area contributed by atoms with Gasteiger partial charge in [0.05, 0.1) is 6.42 Å². The van der Waals surface area contributed by atoms with Crippen molar-refractivity contribution < 1.29 is 14.7 Å². The Balaban J connectivity index is 2.56. The molecule has 0 saturated carbocycles. The van der Waals surface area contributed by atoms with Gasteiger partial charge in [0.2, 0.25) is 0 Å². The summed E-state index contributed by atoms with van der Waals surface area (Å²) in [5.41, 5.74) is 0. The van der Waals surface area contributed by atoms with Crippen LogP contribution in [0.15, 0.2) is 0 Å². The van der Waals surface area contributed by atoms with Crippen molar-refractivity contribution in [1.82, 2.24) is 14.7 Å². The SMILES string of the molecule is CCN1CCN(C(=O)N(CC)C(C)CC(=O)O)CC1. The fourth-order valence-electron chi connectivity index (χ4n) is 2.44. The molecule has 6 nitrogen and oxygen atoms in total. The number of likely N-dealkylation sites (N-methyl/N-ethyl adjacent to an activating group) is 1. The summed E-state index contributed by atoms with van der Waals surface area (Å²) in [6.45, 7) is 10.6. The fraction of sp³-hybridized carbons (Fsp3) is 0.846. The number of hydrogen-bond acceptors (Lipinski definition) is 3. The highest BCUT2D eigenvalue weighted by Gasteiger charge is 2.27. The Labute approximate surface area is 115 Å². The smallest absolute Gasteiger partial charge is 0.320 e. The summed E-state index contributed by atoms with van der Waals surface area (Å²) in [5, 5.41) is 8.83. The molecule has 1 rings (SSSR count). The van der Waals surface area contributed by atoms with E-state index in [4.69, 9.17) is 5.11 Å². The quantitative estimate of drug-likeness (QED) is 0.808. The number of amides is 2. The summed E-state index contributed by atoms with van der Waals surface area (Å²) >= 11 is 0. The van der Waals surface area contributed by atoms with Gasteiger partial charge in [0, 0.05) is 38.8 Å². The lowest BCUT2D eigenvalue weighted by Gasteiger charge is -2.38. The van der Waals surface area contributed by atoms with Crippen molar-refractivity contribution in [3.63, 3.8) is 0 Å². The highest BCUT2D eigenvalue weighted by molar-refractivity contribution is 5.76. The van der Waals surface area contributed by atoms with Crippen LogP contribution in [-0.2, 0) is 4.79 Å². The average molecular weight is 271 g/mol. The molecule has 1 aliphatic heterocycles. The number of carbonyl (C=O) groups excluding carboxylic acids is 1. The molecule has 19 heavy (non-hydrogen) atoms. The van der Waals surface area contributed by atoms with Gasteiger partial charge in [-0.2, -0.15) is 0 Å². The van der Waals surface area contributed by atoms with E-state index in [1.165, 1.54) is 0 Å². The minimum Gasteiger partial charge on any atom is -0.481 e. The highest BCUT2D eigenvalue weighted by Crippen LogP contribution is 2.10. The molecule has 1 N–H and O–H groups in total. The van der Waals surface area contributed by atoms with E-state index < -0.39 is 5.97 Å². The molecule has 0 aromatic carbocycles. The number of aliphatic carboxylic acids is 1. The predicted octanol–water partition coefficient (Wildman–Crippen LogP) is 0.929. The lowest BCUT2D eigenvalue weighted by Crippen LogP contribution is -2.54. The Bertz CT molecular complexity index is 314. The Hall–Kier alpha value is -1.30. The van der Waals surface area contributed by atoms with E-state index in [9.17, 15) is 9.59 Å². The molecule has 6 heteroatoms. The third-order valence-corrected chi connectivity index (χ3v) is 3.68. The zero-order valence-corrected chi connectivity index (χ0v) is 12.1. The maximum atomic E-state index is 12.4. The normalized spacial score (nSPS) is 18.2. The predicted molar refractivity (Wildman–Crippen MR) is 73.2 cm³/mol. The molecule has 2 amide bonds. The summed E-state index contributed by atoms with van der Waals surface area (Å²) < 4.78 is 0. The zero-order chi connectivity index (χ0) is 14.4. The van der Waals surface area contributed by atoms with Crippen molar-refractivity contribution in [3.05, 3.63) is 0 Å². The van der Waals surface area contributed by atoms with Gasteiger partial charge in [-0.25, -0.2) is 4.79 Å². The van der Waals surface area contributed by atoms with Crippen LogP contribution in [0.2, 0.25) is 0 Å². The first kappa shape index (κ1) is 15.8. The molecule has 1 atom stereocenters. The van der Waals surface area contributed by atoms with Crippen molar-refractivity contribution in [2.24, 2.45) is 0 Å². The lowest BCUT2D eigenvalue weighted by atomic mass is 10.2. The van der Waals surface area contributed by atoms with Gasteiger partial charge in [-0.1, -0.05) is 6.92 Å². The number of carboxylic acids is 1. The van der Waals surface area contributed by atoms with Gasteiger partial charge in [0.25, 0.3) is 0 Å². The van der Waals surface area contributed by atoms with Gasteiger partial charge in [0.1, 0.15) is 0 Å².